The van der Waals surface area contributed by atoms with Crippen molar-refractivity contribution in [1.82, 2.24) is 19.7 Å². The third-order valence-electron chi connectivity index (χ3n) is 5.94. The summed E-state index contributed by atoms with van der Waals surface area (Å²) in [6.07, 6.45) is 3.87. The maximum Gasteiger partial charge on any atom is 0.141 e. The number of methoxy groups -OCH3 is 1. The molecule has 1 saturated heterocycles. The Kier molecular flexibility index (Phi) is 5.96. The summed E-state index contributed by atoms with van der Waals surface area (Å²) in [5, 5.41) is 5.12. The molecule has 31 heavy (non-hydrogen) atoms. The molecule has 0 bridgehead atoms. The molecule has 3 aromatic heterocycles. The van der Waals surface area contributed by atoms with E-state index in [-0.39, 0.29) is 0 Å². The predicted molar refractivity (Wildman–Crippen MR) is 122 cm³/mol. The summed E-state index contributed by atoms with van der Waals surface area (Å²) in [7, 11) is 3.78. The minimum absolute atomic E-state index is 0.416. The molecule has 1 aliphatic heterocycles. The van der Waals surface area contributed by atoms with Crippen molar-refractivity contribution >= 4 is 21.9 Å². The van der Waals surface area contributed by atoms with Crippen molar-refractivity contribution in [2.75, 3.05) is 20.3 Å². The first-order valence-corrected chi connectivity index (χ1v) is 10.9. The van der Waals surface area contributed by atoms with Crippen molar-refractivity contribution in [3.05, 3.63) is 35.6 Å². The van der Waals surface area contributed by atoms with Gasteiger partial charge in [-0.05, 0) is 38.8 Å². The van der Waals surface area contributed by atoms with E-state index in [4.69, 9.17) is 24.0 Å². The molecule has 7 heteroatoms. The van der Waals surface area contributed by atoms with Gasteiger partial charge in [-0.15, -0.1) is 0 Å². The van der Waals surface area contributed by atoms with Crippen LogP contribution in [0, 0.1) is 13.8 Å². The molecular weight excluding hydrogens is 392 g/mol. The molecule has 0 saturated carbocycles. The standard InChI is InChI=1S/C22H24N4O3.C2H6/c1-12-20(13(2)29-25-12)16-9-17-15(10-19(16)27-4)21-18(11-23-17)24-22(26(21)3)14-5-7-28-8-6-14;1-2/h9-11,14H,5-8H2,1-4H3;1-2H3. The third-order valence-corrected chi connectivity index (χ3v) is 5.94. The fourth-order valence-corrected chi connectivity index (χ4v) is 4.49. The quantitative estimate of drug-likeness (QED) is 0.445. The summed E-state index contributed by atoms with van der Waals surface area (Å²) in [5.41, 5.74) is 5.63. The van der Waals surface area contributed by atoms with Crippen LogP contribution in [0.2, 0.25) is 0 Å². The summed E-state index contributed by atoms with van der Waals surface area (Å²) in [6, 6.07) is 4.11. The lowest BCUT2D eigenvalue weighted by molar-refractivity contribution is 0.0831. The van der Waals surface area contributed by atoms with E-state index >= 15 is 0 Å². The van der Waals surface area contributed by atoms with Crippen molar-refractivity contribution in [2.24, 2.45) is 7.05 Å². The maximum absolute atomic E-state index is 5.76. The number of hydrogen-bond donors (Lipinski definition) is 0. The Morgan fingerprint density at radius 3 is 2.48 bits per heavy atom. The van der Waals surface area contributed by atoms with Crippen LogP contribution in [0.15, 0.2) is 22.9 Å². The highest BCUT2D eigenvalue weighted by atomic mass is 16.5. The molecule has 1 aromatic carbocycles. The second-order valence-corrected chi connectivity index (χ2v) is 7.68. The van der Waals surface area contributed by atoms with Gasteiger partial charge in [0.15, 0.2) is 0 Å². The number of aromatic nitrogens is 4. The fraction of sp³-hybridized carbons (Fsp3) is 0.458. The number of rotatable bonds is 3. The Morgan fingerprint density at radius 1 is 1.10 bits per heavy atom. The number of aryl methyl sites for hydroxylation is 3. The van der Waals surface area contributed by atoms with Crippen LogP contribution in [0.5, 0.6) is 5.75 Å². The Bertz CT molecular complexity index is 1200. The smallest absolute Gasteiger partial charge is 0.141 e. The number of benzene rings is 1. The molecule has 0 N–H and O–H groups in total. The van der Waals surface area contributed by atoms with Crippen molar-refractivity contribution < 1.29 is 14.0 Å². The Morgan fingerprint density at radius 2 is 1.84 bits per heavy atom. The van der Waals surface area contributed by atoms with E-state index in [1.807, 2.05) is 33.9 Å². The first-order chi connectivity index (χ1) is 15.1. The van der Waals surface area contributed by atoms with E-state index < -0.39 is 0 Å². The lowest BCUT2D eigenvalue weighted by Crippen LogP contribution is -2.17. The lowest BCUT2D eigenvalue weighted by Gasteiger charge is -2.21. The number of ether oxygens (including phenoxy) is 2. The lowest BCUT2D eigenvalue weighted by atomic mass is 9.99. The van der Waals surface area contributed by atoms with E-state index in [1.54, 1.807) is 7.11 Å². The predicted octanol–water partition coefficient (Wildman–Crippen LogP) is 5.32. The largest absolute Gasteiger partial charge is 0.496 e. The van der Waals surface area contributed by atoms with Gasteiger partial charge >= 0.3 is 0 Å². The molecule has 5 rings (SSSR count). The molecule has 164 valence electrons. The van der Waals surface area contributed by atoms with Gasteiger partial charge < -0.3 is 18.6 Å². The number of imidazole rings is 1. The van der Waals surface area contributed by atoms with Gasteiger partial charge in [-0.3, -0.25) is 4.98 Å². The normalized spacial score (nSPS) is 14.6. The number of fused-ring (bicyclic) bond motifs is 3. The molecule has 7 nitrogen and oxygen atoms in total. The third kappa shape index (κ3) is 3.57. The van der Waals surface area contributed by atoms with Gasteiger partial charge in [0.2, 0.25) is 0 Å². The topological polar surface area (TPSA) is 75.2 Å². The molecule has 0 unspecified atom stereocenters. The number of hydrogen-bond acceptors (Lipinski definition) is 6. The monoisotopic (exact) mass is 422 g/mol. The van der Waals surface area contributed by atoms with Crippen LogP contribution in [0.1, 0.15) is 49.9 Å². The first kappa shape index (κ1) is 21.3. The molecule has 0 radical (unpaired) electrons. The molecule has 0 amide bonds. The highest BCUT2D eigenvalue weighted by Gasteiger charge is 2.24. The zero-order valence-corrected chi connectivity index (χ0v) is 19.2. The van der Waals surface area contributed by atoms with Gasteiger partial charge in [-0.1, -0.05) is 19.0 Å². The summed E-state index contributed by atoms with van der Waals surface area (Å²) < 4.78 is 18.9. The van der Waals surface area contributed by atoms with Gasteiger partial charge in [0.25, 0.3) is 0 Å². The van der Waals surface area contributed by atoms with E-state index in [2.05, 4.69) is 28.9 Å². The Balaban J connectivity index is 0.00000112. The number of pyridine rings is 1. The molecule has 0 atom stereocenters. The molecule has 0 aliphatic carbocycles. The summed E-state index contributed by atoms with van der Waals surface area (Å²) >= 11 is 0. The fourth-order valence-electron chi connectivity index (χ4n) is 4.49. The van der Waals surface area contributed by atoms with Crippen LogP contribution in [-0.4, -0.2) is 40.0 Å². The molecule has 1 fully saturated rings. The van der Waals surface area contributed by atoms with Crippen LogP contribution in [0.4, 0.5) is 0 Å². The van der Waals surface area contributed by atoms with E-state index in [0.717, 1.165) is 82.1 Å². The zero-order valence-electron chi connectivity index (χ0n) is 19.2. The highest BCUT2D eigenvalue weighted by Crippen LogP contribution is 2.39. The number of nitrogens with zero attached hydrogens (tertiary/aromatic N) is 4. The van der Waals surface area contributed by atoms with Crippen molar-refractivity contribution in [2.45, 2.75) is 46.5 Å². The molecule has 0 spiro atoms. The zero-order chi connectivity index (χ0) is 22.1. The van der Waals surface area contributed by atoms with Gasteiger partial charge in [-0.25, -0.2) is 4.98 Å². The molecule has 4 heterocycles. The molecular formula is C24H30N4O3. The first-order valence-electron chi connectivity index (χ1n) is 10.9. The van der Waals surface area contributed by atoms with Gasteiger partial charge in [0.1, 0.15) is 22.9 Å². The van der Waals surface area contributed by atoms with Gasteiger partial charge in [0, 0.05) is 37.1 Å². The highest BCUT2D eigenvalue weighted by molar-refractivity contribution is 6.05. The summed E-state index contributed by atoms with van der Waals surface area (Å²) in [5.74, 6) is 3.06. The minimum atomic E-state index is 0.416. The average molecular weight is 423 g/mol. The van der Waals surface area contributed by atoms with Crippen LogP contribution >= 0.6 is 0 Å². The van der Waals surface area contributed by atoms with E-state index in [1.165, 1.54) is 0 Å². The van der Waals surface area contributed by atoms with Crippen molar-refractivity contribution in [3.8, 4) is 16.9 Å². The van der Waals surface area contributed by atoms with E-state index in [0.29, 0.717) is 5.92 Å². The van der Waals surface area contributed by atoms with Gasteiger partial charge in [0.05, 0.1) is 35.6 Å². The second kappa shape index (κ2) is 8.67. The van der Waals surface area contributed by atoms with Gasteiger partial charge in [-0.2, -0.15) is 0 Å². The van der Waals surface area contributed by atoms with E-state index in [9.17, 15) is 0 Å². The Hall–Kier alpha value is -2.93. The van der Waals surface area contributed by atoms with Crippen LogP contribution < -0.4 is 4.74 Å². The van der Waals surface area contributed by atoms with Crippen LogP contribution in [-0.2, 0) is 11.8 Å². The SMILES string of the molecule is CC.COc1cc2c(cc1-c1c(C)noc1C)ncc1nc(C3CCOCC3)n(C)c12. The molecule has 1 aliphatic rings. The van der Waals surface area contributed by atoms with Crippen LogP contribution in [0.3, 0.4) is 0 Å². The average Bonchev–Trinajstić information content (AvgIpc) is 3.33. The van der Waals surface area contributed by atoms with Crippen molar-refractivity contribution in [1.29, 1.82) is 0 Å². The van der Waals surface area contributed by atoms with Crippen molar-refractivity contribution in [3.63, 3.8) is 0 Å². The maximum atomic E-state index is 5.76. The molecule has 4 aromatic rings. The second-order valence-electron chi connectivity index (χ2n) is 7.68. The summed E-state index contributed by atoms with van der Waals surface area (Å²) in [4.78, 5) is 9.63. The summed E-state index contributed by atoms with van der Waals surface area (Å²) in [6.45, 7) is 9.44. The Labute approximate surface area is 182 Å². The minimum Gasteiger partial charge on any atom is -0.496 e. The van der Waals surface area contributed by atoms with Crippen LogP contribution in [0.25, 0.3) is 33.1 Å².